The molecule has 0 fully saturated rings. The zero-order chi connectivity index (χ0) is 18.0. The van der Waals surface area contributed by atoms with Crippen LogP contribution < -0.4 is 15.8 Å². The van der Waals surface area contributed by atoms with Crippen LogP contribution in [0.1, 0.15) is 16.1 Å². The number of amides is 1. The van der Waals surface area contributed by atoms with E-state index in [4.69, 9.17) is 22.1 Å². The summed E-state index contributed by atoms with van der Waals surface area (Å²) in [7, 11) is 1.50. The Morgan fingerprint density at radius 1 is 1.28 bits per heavy atom. The second-order valence-corrected chi connectivity index (χ2v) is 5.76. The molecule has 8 heteroatoms. The van der Waals surface area contributed by atoms with E-state index in [1.54, 1.807) is 18.2 Å². The smallest absolute Gasteiger partial charge is 0.280 e. The zero-order valence-electron chi connectivity index (χ0n) is 13.7. The van der Waals surface area contributed by atoms with Gasteiger partial charge in [0.15, 0.2) is 11.5 Å². The van der Waals surface area contributed by atoms with Gasteiger partial charge in [0, 0.05) is 5.02 Å². The molecule has 0 saturated carbocycles. The third-order valence-electron chi connectivity index (χ3n) is 3.67. The van der Waals surface area contributed by atoms with E-state index in [-0.39, 0.29) is 11.5 Å². The normalized spacial score (nSPS) is 10.5. The molecule has 0 aliphatic carbocycles. The second-order valence-electron chi connectivity index (χ2n) is 5.32. The molecule has 3 aromatic rings. The number of hydrogen-bond donors (Lipinski definition) is 2. The first-order valence-electron chi connectivity index (χ1n) is 7.43. The predicted octanol–water partition coefficient (Wildman–Crippen LogP) is 3.07. The van der Waals surface area contributed by atoms with Crippen LogP contribution in [0, 0.1) is 6.92 Å². The summed E-state index contributed by atoms with van der Waals surface area (Å²) in [6.07, 6.45) is 0. The molecule has 0 atom stereocenters. The molecule has 0 saturated heterocycles. The molecule has 7 nitrogen and oxygen atoms in total. The molecule has 0 aliphatic heterocycles. The minimum atomic E-state index is -0.502. The highest BCUT2D eigenvalue weighted by Gasteiger charge is 2.20. The van der Waals surface area contributed by atoms with Crippen molar-refractivity contribution in [2.75, 3.05) is 18.2 Å². The van der Waals surface area contributed by atoms with Crippen LogP contribution in [0.15, 0.2) is 42.5 Å². The highest BCUT2D eigenvalue weighted by molar-refractivity contribution is 6.31. The Hall–Kier alpha value is -3.06. The molecule has 25 heavy (non-hydrogen) atoms. The first-order valence-corrected chi connectivity index (χ1v) is 7.81. The quantitative estimate of drug-likeness (QED) is 0.748. The fourth-order valence-corrected chi connectivity index (χ4v) is 2.56. The van der Waals surface area contributed by atoms with Crippen molar-refractivity contribution in [2.45, 2.75) is 6.92 Å². The van der Waals surface area contributed by atoms with Crippen LogP contribution in [0.25, 0.3) is 5.69 Å². The number of anilines is 2. The van der Waals surface area contributed by atoms with Gasteiger partial charge < -0.3 is 15.8 Å². The number of nitrogens with zero attached hydrogens (tertiary/aromatic N) is 3. The number of nitrogens with two attached hydrogens (primary N) is 1. The maximum absolute atomic E-state index is 12.5. The lowest BCUT2D eigenvalue weighted by Gasteiger charge is -2.10. The summed E-state index contributed by atoms with van der Waals surface area (Å²) < 4.78 is 6.64. The number of hydrogen-bond acceptors (Lipinski definition) is 5. The molecule has 1 aromatic heterocycles. The Labute approximate surface area is 149 Å². The second kappa shape index (κ2) is 6.82. The molecule has 1 heterocycles. The van der Waals surface area contributed by atoms with Crippen LogP contribution >= 0.6 is 11.6 Å². The summed E-state index contributed by atoms with van der Waals surface area (Å²) in [5.74, 6) is 0.119. The minimum Gasteiger partial charge on any atom is -0.495 e. The number of aryl methyl sites for hydroxylation is 1. The summed E-state index contributed by atoms with van der Waals surface area (Å²) in [6, 6.07) is 12.4. The summed E-state index contributed by atoms with van der Waals surface area (Å²) in [5, 5.41) is 11.1. The average Bonchev–Trinajstić information content (AvgIpc) is 2.97. The van der Waals surface area contributed by atoms with E-state index in [0.717, 1.165) is 11.3 Å². The lowest BCUT2D eigenvalue weighted by atomic mass is 10.2. The van der Waals surface area contributed by atoms with Crippen molar-refractivity contribution in [1.82, 2.24) is 15.0 Å². The summed E-state index contributed by atoms with van der Waals surface area (Å²) in [5.41, 5.74) is 8.24. The number of aromatic nitrogens is 3. The van der Waals surface area contributed by atoms with Gasteiger partial charge in [-0.3, -0.25) is 4.79 Å². The van der Waals surface area contributed by atoms with Crippen molar-refractivity contribution < 1.29 is 9.53 Å². The van der Waals surface area contributed by atoms with Crippen LogP contribution in [0.5, 0.6) is 5.75 Å². The minimum absolute atomic E-state index is 0.0188. The van der Waals surface area contributed by atoms with Gasteiger partial charge in [-0.25, -0.2) is 0 Å². The number of carbonyl (C=O) groups is 1. The SMILES string of the molecule is COc1ccc(Cl)cc1NC(=O)c1nnn(-c2ccccc2C)c1N. The number of carbonyl (C=O) groups excluding carboxylic acids is 1. The number of halogens is 1. The Balaban J connectivity index is 1.92. The van der Waals surface area contributed by atoms with Gasteiger partial charge in [0.1, 0.15) is 5.75 Å². The van der Waals surface area contributed by atoms with E-state index in [0.29, 0.717) is 16.5 Å². The summed E-state index contributed by atoms with van der Waals surface area (Å²) >= 11 is 5.97. The first-order chi connectivity index (χ1) is 12.0. The maximum Gasteiger partial charge on any atom is 0.280 e. The van der Waals surface area contributed by atoms with Gasteiger partial charge in [-0.1, -0.05) is 35.0 Å². The van der Waals surface area contributed by atoms with E-state index in [9.17, 15) is 4.79 Å². The average molecular weight is 358 g/mol. The van der Waals surface area contributed by atoms with Crippen LogP contribution in [0.2, 0.25) is 5.02 Å². The van der Waals surface area contributed by atoms with E-state index in [2.05, 4.69) is 15.6 Å². The lowest BCUT2D eigenvalue weighted by molar-refractivity contribution is 0.102. The fraction of sp³-hybridized carbons (Fsp3) is 0.118. The van der Waals surface area contributed by atoms with E-state index in [1.165, 1.54) is 11.8 Å². The van der Waals surface area contributed by atoms with E-state index in [1.807, 2.05) is 31.2 Å². The summed E-state index contributed by atoms with van der Waals surface area (Å²) in [6.45, 7) is 1.92. The predicted molar refractivity (Wildman–Crippen MR) is 96.5 cm³/mol. The van der Waals surface area contributed by atoms with E-state index < -0.39 is 5.91 Å². The molecular weight excluding hydrogens is 342 g/mol. The molecule has 2 aromatic carbocycles. The molecule has 3 N–H and O–H groups in total. The van der Waals surface area contributed by atoms with Crippen LogP contribution in [-0.4, -0.2) is 28.0 Å². The number of methoxy groups -OCH3 is 1. The Morgan fingerprint density at radius 2 is 2.04 bits per heavy atom. The van der Waals surface area contributed by atoms with Gasteiger partial charge in [-0.2, -0.15) is 4.68 Å². The zero-order valence-corrected chi connectivity index (χ0v) is 14.4. The number of nitrogen functional groups attached to an aromatic ring is 1. The van der Waals surface area contributed by atoms with Crippen molar-refractivity contribution in [3.05, 3.63) is 58.7 Å². The third kappa shape index (κ3) is 3.27. The van der Waals surface area contributed by atoms with Crippen molar-refractivity contribution in [1.29, 1.82) is 0 Å². The van der Waals surface area contributed by atoms with Crippen molar-refractivity contribution >= 4 is 29.0 Å². The molecule has 0 bridgehead atoms. The van der Waals surface area contributed by atoms with Gasteiger partial charge in [-0.05, 0) is 36.8 Å². The van der Waals surface area contributed by atoms with Crippen LogP contribution in [-0.2, 0) is 0 Å². The van der Waals surface area contributed by atoms with Gasteiger partial charge >= 0.3 is 0 Å². The molecule has 3 rings (SSSR count). The maximum atomic E-state index is 12.5. The molecule has 1 amide bonds. The molecule has 0 aliphatic rings. The van der Waals surface area contributed by atoms with Gasteiger partial charge in [-0.15, -0.1) is 5.10 Å². The topological polar surface area (TPSA) is 95.1 Å². The highest BCUT2D eigenvalue weighted by atomic mass is 35.5. The Morgan fingerprint density at radius 3 is 2.76 bits per heavy atom. The molecular formula is C17H16ClN5O2. The molecule has 0 radical (unpaired) electrons. The number of ether oxygens (including phenoxy) is 1. The first kappa shape index (κ1) is 16.8. The van der Waals surface area contributed by atoms with Crippen LogP contribution in [0.4, 0.5) is 11.5 Å². The third-order valence-corrected chi connectivity index (χ3v) is 3.91. The van der Waals surface area contributed by atoms with Crippen molar-refractivity contribution in [3.63, 3.8) is 0 Å². The largest absolute Gasteiger partial charge is 0.495 e. The van der Waals surface area contributed by atoms with Crippen molar-refractivity contribution in [2.24, 2.45) is 0 Å². The molecule has 0 spiro atoms. The summed E-state index contributed by atoms with van der Waals surface area (Å²) in [4.78, 5) is 12.5. The lowest BCUT2D eigenvalue weighted by Crippen LogP contribution is -2.15. The van der Waals surface area contributed by atoms with Gasteiger partial charge in [0.25, 0.3) is 5.91 Å². The van der Waals surface area contributed by atoms with Crippen LogP contribution in [0.3, 0.4) is 0 Å². The molecule has 128 valence electrons. The van der Waals surface area contributed by atoms with Gasteiger partial charge in [0.05, 0.1) is 18.5 Å². The molecule has 0 unspecified atom stereocenters. The number of benzene rings is 2. The van der Waals surface area contributed by atoms with Gasteiger partial charge in [0.2, 0.25) is 0 Å². The standard InChI is InChI=1S/C17H16ClN5O2/c1-10-5-3-4-6-13(10)23-16(19)15(21-22-23)17(24)20-12-9-11(18)7-8-14(12)25-2/h3-9H,19H2,1-2H3,(H,20,24). The highest BCUT2D eigenvalue weighted by Crippen LogP contribution is 2.28. The number of para-hydroxylation sites is 1. The number of nitrogens with one attached hydrogen (secondary N) is 1. The van der Waals surface area contributed by atoms with E-state index >= 15 is 0 Å². The van der Waals surface area contributed by atoms with Crippen molar-refractivity contribution in [3.8, 4) is 11.4 Å². The Bertz CT molecular complexity index is 939. The monoisotopic (exact) mass is 357 g/mol. The number of rotatable bonds is 4. The fourth-order valence-electron chi connectivity index (χ4n) is 2.39. The Kier molecular flexibility index (Phi) is 4.58.